The Labute approximate surface area is 100 Å². The van der Waals surface area contributed by atoms with Crippen LogP contribution in [0.25, 0.3) is 0 Å². The lowest BCUT2D eigenvalue weighted by atomic mass is 10.4. The van der Waals surface area contributed by atoms with E-state index in [1.165, 1.54) is 11.0 Å². The molecule has 0 aliphatic heterocycles. The second-order valence-corrected chi connectivity index (χ2v) is 3.27. The number of ether oxygens (including phenoxy) is 1. The van der Waals surface area contributed by atoms with E-state index in [9.17, 15) is 4.79 Å². The van der Waals surface area contributed by atoms with Gasteiger partial charge in [0.1, 0.15) is 6.61 Å². The van der Waals surface area contributed by atoms with Gasteiger partial charge in [0.15, 0.2) is 0 Å². The summed E-state index contributed by atoms with van der Waals surface area (Å²) in [5, 5.41) is 8.82. The first-order valence-corrected chi connectivity index (χ1v) is 5.34. The van der Waals surface area contributed by atoms with Crippen LogP contribution in [-0.2, 0) is 4.79 Å². The van der Waals surface area contributed by atoms with E-state index in [0.717, 1.165) is 0 Å². The van der Waals surface area contributed by atoms with Crippen LogP contribution < -0.4 is 4.74 Å². The summed E-state index contributed by atoms with van der Waals surface area (Å²) in [6.45, 7) is 4.32. The summed E-state index contributed by atoms with van der Waals surface area (Å²) in [6, 6.07) is 5.36. The monoisotopic (exact) mass is 236 g/mol. The van der Waals surface area contributed by atoms with Crippen molar-refractivity contribution in [1.82, 2.24) is 9.88 Å². The number of hydrogen-bond donors (Lipinski definition) is 1. The molecule has 0 fully saturated rings. The minimum atomic E-state index is -0.219. The van der Waals surface area contributed by atoms with Crippen LogP contribution in [0.4, 0.5) is 0 Å². The highest BCUT2D eigenvalue weighted by Crippen LogP contribution is 2.03. The molecule has 1 rings (SSSR count). The Bertz CT molecular complexity index is 354. The van der Waals surface area contributed by atoms with E-state index in [-0.39, 0.29) is 19.1 Å². The summed E-state index contributed by atoms with van der Waals surface area (Å²) in [5.41, 5.74) is 0. The third kappa shape index (κ3) is 4.65. The maximum absolute atomic E-state index is 11.4. The smallest absolute Gasteiger partial charge is 0.246 e. The van der Waals surface area contributed by atoms with Gasteiger partial charge in [-0.15, -0.1) is 0 Å². The number of carbonyl (C=O) groups excluding carboxylic acids is 1. The van der Waals surface area contributed by atoms with E-state index in [2.05, 4.69) is 11.6 Å². The first-order valence-electron chi connectivity index (χ1n) is 5.34. The quantitative estimate of drug-likeness (QED) is 0.699. The van der Waals surface area contributed by atoms with Crippen molar-refractivity contribution >= 4 is 5.91 Å². The van der Waals surface area contributed by atoms with E-state index >= 15 is 0 Å². The van der Waals surface area contributed by atoms with Gasteiger partial charge < -0.3 is 14.7 Å². The van der Waals surface area contributed by atoms with Gasteiger partial charge in [-0.2, -0.15) is 0 Å². The van der Waals surface area contributed by atoms with Crippen molar-refractivity contribution in [3.63, 3.8) is 0 Å². The lowest BCUT2D eigenvalue weighted by Gasteiger charge is -2.19. The zero-order valence-electron chi connectivity index (χ0n) is 9.58. The molecule has 0 spiro atoms. The Morgan fingerprint density at radius 2 is 2.35 bits per heavy atom. The van der Waals surface area contributed by atoms with Crippen molar-refractivity contribution in [3.05, 3.63) is 37.1 Å². The van der Waals surface area contributed by atoms with Crippen molar-refractivity contribution in [1.29, 1.82) is 0 Å². The number of aliphatic hydroxyl groups excluding tert-OH is 1. The Morgan fingerprint density at radius 1 is 1.53 bits per heavy atom. The average molecular weight is 236 g/mol. The number of aliphatic hydroxyl groups is 1. The fourth-order valence-electron chi connectivity index (χ4n) is 1.27. The van der Waals surface area contributed by atoms with Crippen LogP contribution in [0.5, 0.6) is 5.88 Å². The van der Waals surface area contributed by atoms with E-state index in [4.69, 9.17) is 9.84 Å². The molecule has 92 valence electrons. The van der Waals surface area contributed by atoms with Crippen LogP contribution in [0.3, 0.4) is 0 Å². The molecule has 0 aromatic carbocycles. The first-order chi connectivity index (χ1) is 8.27. The summed E-state index contributed by atoms with van der Waals surface area (Å²) in [5.74, 6) is 0.297. The topological polar surface area (TPSA) is 62.7 Å². The van der Waals surface area contributed by atoms with E-state index in [1.54, 1.807) is 18.3 Å². The second-order valence-electron chi connectivity index (χ2n) is 3.27. The zero-order valence-corrected chi connectivity index (χ0v) is 9.58. The molecule has 0 aliphatic carbocycles. The number of pyridine rings is 1. The number of carbonyl (C=O) groups is 1. The standard InChI is InChI=1S/C12H16N2O3/c1-2-12(16)14(7-9-15)8-10-17-11-5-3-4-6-13-11/h2-6,15H,1,7-10H2. The maximum atomic E-state index is 11.4. The number of nitrogens with zero attached hydrogens (tertiary/aromatic N) is 2. The van der Waals surface area contributed by atoms with Crippen molar-refractivity contribution in [2.45, 2.75) is 0 Å². The lowest BCUT2D eigenvalue weighted by Crippen LogP contribution is -2.35. The molecule has 17 heavy (non-hydrogen) atoms. The minimum Gasteiger partial charge on any atom is -0.476 e. The lowest BCUT2D eigenvalue weighted by molar-refractivity contribution is -0.126. The zero-order chi connectivity index (χ0) is 12.5. The molecule has 1 amide bonds. The highest BCUT2D eigenvalue weighted by molar-refractivity contribution is 5.86. The van der Waals surface area contributed by atoms with Gasteiger partial charge >= 0.3 is 0 Å². The van der Waals surface area contributed by atoms with Crippen molar-refractivity contribution in [2.75, 3.05) is 26.3 Å². The molecule has 5 nitrogen and oxygen atoms in total. The third-order valence-electron chi connectivity index (χ3n) is 2.11. The first kappa shape index (κ1) is 13.2. The number of hydrogen-bond acceptors (Lipinski definition) is 4. The molecular weight excluding hydrogens is 220 g/mol. The Hall–Kier alpha value is -1.88. The highest BCUT2D eigenvalue weighted by atomic mass is 16.5. The van der Waals surface area contributed by atoms with Gasteiger partial charge in [0, 0.05) is 18.8 Å². The van der Waals surface area contributed by atoms with Crippen LogP contribution in [0.2, 0.25) is 0 Å². The predicted molar refractivity (Wildman–Crippen MR) is 63.6 cm³/mol. The van der Waals surface area contributed by atoms with Crippen LogP contribution in [-0.4, -0.2) is 47.2 Å². The average Bonchev–Trinajstić information content (AvgIpc) is 2.38. The van der Waals surface area contributed by atoms with Crippen molar-refractivity contribution in [3.8, 4) is 5.88 Å². The van der Waals surface area contributed by atoms with E-state index < -0.39 is 0 Å². The highest BCUT2D eigenvalue weighted by Gasteiger charge is 2.09. The van der Waals surface area contributed by atoms with Gasteiger partial charge in [-0.1, -0.05) is 12.6 Å². The molecule has 1 N–H and O–H groups in total. The van der Waals surface area contributed by atoms with Crippen LogP contribution in [0, 0.1) is 0 Å². The summed E-state index contributed by atoms with van der Waals surface area (Å²) in [6.07, 6.45) is 2.85. The number of rotatable bonds is 7. The van der Waals surface area contributed by atoms with Gasteiger partial charge in [0.05, 0.1) is 13.2 Å². The van der Waals surface area contributed by atoms with Crippen molar-refractivity contribution in [2.24, 2.45) is 0 Å². The summed E-state index contributed by atoms with van der Waals surface area (Å²) >= 11 is 0. The molecule has 0 saturated heterocycles. The number of amides is 1. The predicted octanol–water partition coefficient (Wildman–Crippen LogP) is 0.467. The van der Waals surface area contributed by atoms with Crippen molar-refractivity contribution < 1.29 is 14.6 Å². The van der Waals surface area contributed by atoms with Gasteiger partial charge in [-0.25, -0.2) is 4.98 Å². The van der Waals surface area contributed by atoms with E-state index in [1.807, 2.05) is 6.07 Å². The Kier molecular flexibility index (Phi) is 5.74. The molecule has 0 atom stereocenters. The molecule has 0 radical (unpaired) electrons. The van der Waals surface area contributed by atoms with Gasteiger partial charge in [0.2, 0.25) is 11.8 Å². The normalized spacial score (nSPS) is 9.71. The molecule has 5 heteroatoms. The SMILES string of the molecule is C=CC(=O)N(CCO)CCOc1ccccn1. The van der Waals surface area contributed by atoms with Crippen LogP contribution in [0.1, 0.15) is 0 Å². The van der Waals surface area contributed by atoms with Gasteiger partial charge in [0.25, 0.3) is 0 Å². The Morgan fingerprint density at radius 3 is 2.94 bits per heavy atom. The molecule has 1 aromatic rings. The summed E-state index contributed by atoms with van der Waals surface area (Å²) < 4.78 is 5.36. The van der Waals surface area contributed by atoms with Crippen LogP contribution in [0.15, 0.2) is 37.1 Å². The molecule has 1 heterocycles. The summed E-state index contributed by atoms with van der Waals surface area (Å²) in [7, 11) is 0. The molecule has 0 aliphatic rings. The Balaban J connectivity index is 2.37. The maximum Gasteiger partial charge on any atom is 0.246 e. The second kappa shape index (κ2) is 7.40. The van der Waals surface area contributed by atoms with Gasteiger partial charge in [-0.3, -0.25) is 4.79 Å². The molecule has 0 bridgehead atoms. The molecule has 0 unspecified atom stereocenters. The molecule has 1 aromatic heterocycles. The molecular formula is C12H16N2O3. The minimum absolute atomic E-state index is 0.0802. The largest absolute Gasteiger partial charge is 0.476 e. The summed E-state index contributed by atoms with van der Waals surface area (Å²) in [4.78, 5) is 16.8. The number of aromatic nitrogens is 1. The third-order valence-corrected chi connectivity index (χ3v) is 2.11. The van der Waals surface area contributed by atoms with Gasteiger partial charge in [-0.05, 0) is 12.1 Å². The van der Waals surface area contributed by atoms with Crippen LogP contribution >= 0.6 is 0 Å². The fraction of sp³-hybridized carbons (Fsp3) is 0.333. The van der Waals surface area contributed by atoms with E-state index in [0.29, 0.717) is 19.0 Å². The molecule has 0 saturated carbocycles. The fourth-order valence-corrected chi connectivity index (χ4v) is 1.27.